The smallest absolute Gasteiger partial charge is 0.414 e. The van der Waals surface area contributed by atoms with Gasteiger partial charge in [0, 0.05) is 18.3 Å². The second kappa shape index (κ2) is 6.49. The highest BCUT2D eigenvalue weighted by atomic mass is 19.1. The zero-order valence-corrected chi connectivity index (χ0v) is 15.7. The molecule has 2 amide bonds. The van der Waals surface area contributed by atoms with E-state index in [-0.39, 0.29) is 30.6 Å². The molecule has 0 radical (unpaired) electrons. The Balaban J connectivity index is 2.05. The molecule has 2 aliphatic rings. The fraction of sp³-hybridized carbons (Fsp3) is 0.500. The minimum atomic E-state index is -1.30. The molecule has 146 valence electrons. The van der Waals surface area contributed by atoms with Gasteiger partial charge in [0.25, 0.3) is 0 Å². The second-order valence-electron chi connectivity index (χ2n) is 7.69. The van der Waals surface area contributed by atoms with Crippen molar-refractivity contribution in [2.75, 3.05) is 26.0 Å². The van der Waals surface area contributed by atoms with Gasteiger partial charge in [0.1, 0.15) is 17.0 Å². The van der Waals surface area contributed by atoms with Crippen molar-refractivity contribution in [1.29, 1.82) is 0 Å². The summed E-state index contributed by atoms with van der Waals surface area (Å²) in [5.74, 6) is -1.63. The lowest BCUT2D eigenvalue weighted by atomic mass is 9.79. The lowest BCUT2D eigenvalue weighted by Gasteiger charge is -2.38. The van der Waals surface area contributed by atoms with Crippen molar-refractivity contribution >= 4 is 23.6 Å². The van der Waals surface area contributed by atoms with Crippen LogP contribution in [-0.4, -0.2) is 48.7 Å². The Kier molecular flexibility index (Phi) is 4.59. The van der Waals surface area contributed by atoms with E-state index in [1.165, 1.54) is 30.1 Å². The van der Waals surface area contributed by atoms with Gasteiger partial charge in [-0.1, -0.05) is 0 Å². The molecular weight excluding hydrogens is 355 g/mol. The SMILES string of the molecule is CN1C(=O)[C@@H]2COC[C@]2(c2cc(N)ccc2F)N=C1NC(=O)OC(C)(C)C. The van der Waals surface area contributed by atoms with Gasteiger partial charge >= 0.3 is 6.09 Å². The Morgan fingerprint density at radius 3 is 2.85 bits per heavy atom. The lowest BCUT2D eigenvalue weighted by Crippen LogP contribution is -2.57. The average Bonchev–Trinajstić information content (AvgIpc) is 2.97. The van der Waals surface area contributed by atoms with E-state index in [9.17, 15) is 14.0 Å². The van der Waals surface area contributed by atoms with Gasteiger partial charge in [-0.3, -0.25) is 15.0 Å². The number of amides is 2. The number of rotatable bonds is 1. The number of fused-ring (bicyclic) bond motifs is 1. The number of anilines is 1. The number of aliphatic imine (C=N–C) groups is 1. The third-order valence-corrected chi connectivity index (χ3v) is 4.50. The Labute approximate surface area is 156 Å². The van der Waals surface area contributed by atoms with Crippen molar-refractivity contribution in [2.24, 2.45) is 10.9 Å². The molecule has 8 nitrogen and oxygen atoms in total. The standard InChI is InChI=1S/C18H23FN4O4/c1-17(2,3)27-16(25)21-15-22-18(11-7-10(20)5-6-13(11)19)9-26-8-12(18)14(24)23(15)4/h5-7,12H,8-9,20H2,1-4H3,(H,21,22,25)/t12-,18+/m0/s1. The van der Waals surface area contributed by atoms with Crippen LogP contribution in [0.3, 0.4) is 0 Å². The summed E-state index contributed by atoms with van der Waals surface area (Å²) in [5, 5.41) is 2.48. The molecule has 3 rings (SSSR count). The zero-order chi connectivity index (χ0) is 20.0. The number of guanidine groups is 1. The minimum absolute atomic E-state index is 0.00286. The average molecular weight is 378 g/mol. The van der Waals surface area contributed by atoms with Gasteiger partial charge in [-0.05, 0) is 39.0 Å². The van der Waals surface area contributed by atoms with Crippen LogP contribution in [0.2, 0.25) is 0 Å². The molecule has 0 aromatic heterocycles. The molecule has 0 saturated carbocycles. The predicted octanol–water partition coefficient (Wildman–Crippen LogP) is 1.60. The van der Waals surface area contributed by atoms with E-state index in [1.54, 1.807) is 20.8 Å². The number of nitrogens with one attached hydrogen (secondary N) is 1. The molecule has 2 aliphatic heterocycles. The predicted molar refractivity (Wildman–Crippen MR) is 96.4 cm³/mol. The Bertz CT molecular complexity index is 820. The normalized spacial score (nSPS) is 25.1. The molecule has 0 bridgehead atoms. The summed E-state index contributed by atoms with van der Waals surface area (Å²) in [6, 6.07) is 4.11. The molecule has 3 N–H and O–H groups in total. The van der Waals surface area contributed by atoms with Gasteiger partial charge in [0.05, 0.1) is 19.1 Å². The van der Waals surface area contributed by atoms with Crippen LogP contribution in [0.15, 0.2) is 23.2 Å². The van der Waals surface area contributed by atoms with Gasteiger partial charge < -0.3 is 15.2 Å². The van der Waals surface area contributed by atoms with Gasteiger partial charge in [0.15, 0.2) is 0 Å². The quantitative estimate of drug-likeness (QED) is 0.722. The second-order valence-corrected chi connectivity index (χ2v) is 7.69. The lowest BCUT2D eigenvalue weighted by molar-refractivity contribution is -0.133. The third kappa shape index (κ3) is 3.46. The van der Waals surface area contributed by atoms with Crippen molar-refractivity contribution in [1.82, 2.24) is 10.2 Å². The number of ether oxygens (including phenoxy) is 2. The van der Waals surface area contributed by atoms with Gasteiger partial charge in [-0.15, -0.1) is 0 Å². The highest BCUT2D eigenvalue weighted by Crippen LogP contribution is 2.44. The minimum Gasteiger partial charge on any atom is -0.444 e. The number of benzene rings is 1. The summed E-state index contributed by atoms with van der Waals surface area (Å²) >= 11 is 0. The molecular formula is C18H23FN4O4. The van der Waals surface area contributed by atoms with Gasteiger partial charge in [0.2, 0.25) is 11.9 Å². The first-order chi connectivity index (χ1) is 12.5. The number of nitrogen functional groups attached to an aromatic ring is 1. The molecule has 1 saturated heterocycles. The van der Waals surface area contributed by atoms with Crippen LogP contribution in [0.4, 0.5) is 14.9 Å². The molecule has 1 fully saturated rings. The van der Waals surface area contributed by atoms with E-state index >= 15 is 0 Å². The fourth-order valence-corrected chi connectivity index (χ4v) is 3.27. The van der Waals surface area contributed by atoms with E-state index in [4.69, 9.17) is 15.2 Å². The van der Waals surface area contributed by atoms with E-state index < -0.39 is 29.0 Å². The van der Waals surface area contributed by atoms with Crippen LogP contribution >= 0.6 is 0 Å². The topological polar surface area (TPSA) is 106 Å². The molecule has 0 aliphatic carbocycles. The summed E-state index contributed by atoms with van der Waals surface area (Å²) in [6.45, 7) is 5.25. The number of carbonyl (C=O) groups excluding carboxylic acids is 2. The first-order valence-electron chi connectivity index (χ1n) is 8.54. The number of hydrogen-bond donors (Lipinski definition) is 2. The summed E-state index contributed by atoms with van der Waals surface area (Å²) in [5.41, 5.74) is 4.30. The van der Waals surface area contributed by atoms with Gasteiger partial charge in [-0.2, -0.15) is 0 Å². The number of nitrogens with zero attached hydrogens (tertiary/aromatic N) is 2. The maximum absolute atomic E-state index is 14.6. The molecule has 9 heteroatoms. The van der Waals surface area contributed by atoms with E-state index in [1.807, 2.05) is 0 Å². The molecule has 0 unspecified atom stereocenters. The van der Waals surface area contributed by atoms with Crippen LogP contribution in [0, 0.1) is 11.7 Å². The number of hydrogen-bond acceptors (Lipinski definition) is 6. The number of alkyl carbamates (subject to hydrolysis) is 1. The molecule has 1 aromatic rings. The van der Waals surface area contributed by atoms with E-state index in [2.05, 4.69) is 10.3 Å². The van der Waals surface area contributed by atoms with Crippen LogP contribution in [0.5, 0.6) is 0 Å². The highest BCUT2D eigenvalue weighted by molar-refractivity contribution is 6.06. The monoisotopic (exact) mass is 378 g/mol. The molecule has 2 heterocycles. The van der Waals surface area contributed by atoms with E-state index in [0.717, 1.165) is 0 Å². The van der Waals surface area contributed by atoms with Crippen LogP contribution in [-0.2, 0) is 19.8 Å². The van der Waals surface area contributed by atoms with Crippen LogP contribution in [0.1, 0.15) is 26.3 Å². The molecule has 27 heavy (non-hydrogen) atoms. The summed E-state index contributed by atoms with van der Waals surface area (Å²) < 4.78 is 25.3. The van der Waals surface area contributed by atoms with Crippen molar-refractivity contribution in [2.45, 2.75) is 31.9 Å². The maximum atomic E-state index is 14.6. The number of halogens is 1. The Morgan fingerprint density at radius 2 is 2.19 bits per heavy atom. The van der Waals surface area contributed by atoms with E-state index in [0.29, 0.717) is 5.69 Å². The Morgan fingerprint density at radius 1 is 1.48 bits per heavy atom. The fourth-order valence-electron chi connectivity index (χ4n) is 3.27. The molecule has 0 spiro atoms. The number of nitrogens with two attached hydrogens (primary N) is 1. The van der Waals surface area contributed by atoms with Crippen LogP contribution in [0.25, 0.3) is 0 Å². The first kappa shape index (κ1) is 19.1. The molecule has 1 aromatic carbocycles. The van der Waals surface area contributed by atoms with Crippen molar-refractivity contribution in [3.05, 3.63) is 29.6 Å². The van der Waals surface area contributed by atoms with Crippen molar-refractivity contribution in [3.8, 4) is 0 Å². The number of carbonyl (C=O) groups is 2. The zero-order valence-electron chi connectivity index (χ0n) is 15.7. The maximum Gasteiger partial charge on any atom is 0.414 e. The Hall–Kier alpha value is -2.68. The first-order valence-corrected chi connectivity index (χ1v) is 8.54. The summed E-state index contributed by atoms with van der Waals surface area (Å²) in [7, 11) is 1.48. The summed E-state index contributed by atoms with van der Waals surface area (Å²) in [4.78, 5) is 30.8. The molecule has 2 atom stereocenters. The largest absolute Gasteiger partial charge is 0.444 e. The highest BCUT2D eigenvalue weighted by Gasteiger charge is 2.55. The van der Waals surface area contributed by atoms with Crippen molar-refractivity contribution in [3.63, 3.8) is 0 Å². The van der Waals surface area contributed by atoms with Gasteiger partial charge in [-0.25, -0.2) is 14.2 Å². The summed E-state index contributed by atoms with van der Waals surface area (Å²) in [6.07, 6.45) is -0.763. The van der Waals surface area contributed by atoms with Crippen LogP contribution < -0.4 is 11.1 Å². The third-order valence-electron chi connectivity index (χ3n) is 4.50. The van der Waals surface area contributed by atoms with Crippen molar-refractivity contribution < 1.29 is 23.5 Å².